The van der Waals surface area contributed by atoms with Gasteiger partial charge < -0.3 is 19.0 Å². The van der Waals surface area contributed by atoms with E-state index in [1.165, 1.54) is 0 Å². The number of ether oxygens (including phenoxy) is 1. The zero-order valence-corrected chi connectivity index (χ0v) is 18.7. The van der Waals surface area contributed by atoms with E-state index in [1.807, 2.05) is 4.90 Å². The number of piperidine rings is 1. The fraction of sp³-hybridized carbons (Fsp3) is 0.500. The van der Waals surface area contributed by atoms with Crippen molar-refractivity contribution in [2.45, 2.75) is 25.7 Å². The second kappa shape index (κ2) is 10.0. The van der Waals surface area contributed by atoms with Crippen molar-refractivity contribution in [3.05, 3.63) is 40.3 Å². The van der Waals surface area contributed by atoms with Crippen LogP contribution in [0.1, 0.15) is 25.2 Å². The Hall–Kier alpha value is -2.09. The van der Waals surface area contributed by atoms with Crippen molar-refractivity contribution in [3.63, 3.8) is 0 Å². The number of halogens is 2. The van der Waals surface area contributed by atoms with Crippen molar-refractivity contribution in [1.29, 1.82) is 0 Å². The molecule has 2 amide bonds. The molecular formula is C22H25Cl2N3O4. The maximum absolute atomic E-state index is 12.8. The predicted octanol–water partition coefficient (Wildman–Crippen LogP) is 3.68. The Morgan fingerprint density at radius 1 is 1.13 bits per heavy atom. The molecule has 2 saturated heterocycles. The lowest BCUT2D eigenvalue weighted by Gasteiger charge is -2.36. The van der Waals surface area contributed by atoms with Crippen molar-refractivity contribution >= 4 is 35.0 Å². The maximum atomic E-state index is 12.8. The van der Waals surface area contributed by atoms with Gasteiger partial charge in [-0.1, -0.05) is 23.2 Å². The monoisotopic (exact) mass is 465 g/mol. The van der Waals surface area contributed by atoms with Gasteiger partial charge in [-0.05, 0) is 31.0 Å². The minimum absolute atomic E-state index is 0.0174. The second-order valence-electron chi connectivity index (χ2n) is 7.86. The number of likely N-dealkylation sites (tertiary alicyclic amines) is 1. The van der Waals surface area contributed by atoms with Crippen LogP contribution in [0.4, 0.5) is 0 Å². The van der Waals surface area contributed by atoms with Crippen LogP contribution in [-0.4, -0.2) is 66.0 Å². The summed E-state index contributed by atoms with van der Waals surface area (Å²) in [6, 6.07) is 5.16. The first kappa shape index (κ1) is 22.1. The molecule has 0 bridgehead atoms. The third kappa shape index (κ3) is 5.40. The van der Waals surface area contributed by atoms with Crippen LogP contribution >= 0.6 is 23.2 Å². The Labute approximate surface area is 191 Å². The van der Waals surface area contributed by atoms with Crippen LogP contribution in [0.5, 0.6) is 0 Å². The van der Waals surface area contributed by atoms with Crippen molar-refractivity contribution in [3.8, 4) is 11.3 Å². The number of morpholine rings is 1. The maximum Gasteiger partial charge on any atom is 0.227 e. The molecule has 2 aliphatic rings. The van der Waals surface area contributed by atoms with E-state index < -0.39 is 0 Å². The number of hydrogen-bond acceptors (Lipinski definition) is 5. The quantitative estimate of drug-likeness (QED) is 0.672. The predicted molar refractivity (Wildman–Crippen MR) is 117 cm³/mol. The Balaban J connectivity index is 1.31. The van der Waals surface area contributed by atoms with Crippen LogP contribution in [0, 0.1) is 5.92 Å². The van der Waals surface area contributed by atoms with Gasteiger partial charge in [-0.3, -0.25) is 9.59 Å². The molecule has 1 unspecified atom stereocenters. The van der Waals surface area contributed by atoms with Crippen LogP contribution in [-0.2, 0) is 20.7 Å². The highest BCUT2D eigenvalue weighted by Gasteiger charge is 2.31. The molecular weight excluding hydrogens is 441 g/mol. The Bertz CT molecular complexity index is 943. The third-order valence-corrected chi connectivity index (χ3v) is 6.30. The summed E-state index contributed by atoms with van der Waals surface area (Å²) in [5.74, 6) is 1.04. The number of carbonyl (C=O) groups excluding carboxylic acids is 2. The minimum atomic E-state index is -0.129. The number of aromatic nitrogens is 1. The first-order valence-electron chi connectivity index (χ1n) is 10.6. The smallest absolute Gasteiger partial charge is 0.227 e. The lowest BCUT2D eigenvalue weighted by atomic mass is 9.96. The van der Waals surface area contributed by atoms with E-state index in [-0.39, 0.29) is 24.2 Å². The van der Waals surface area contributed by atoms with Gasteiger partial charge in [0.15, 0.2) is 11.7 Å². The normalized spacial score (nSPS) is 19.5. The fourth-order valence-corrected chi connectivity index (χ4v) is 4.56. The van der Waals surface area contributed by atoms with Crippen LogP contribution in [0.3, 0.4) is 0 Å². The highest BCUT2D eigenvalue weighted by atomic mass is 35.5. The Kier molecular flexibility index (Phi) is 7.15. The van der Waals surface area contributed by atoms with Gasteiger partial charge in [0.2, 0.25) is 11.8 Å². The summed E-state index contributed by atoms with van der Waals surface area (Å²) in [5, 5.41) is 1.03. The van der Waals surface area contributed by atoms with E-state index in [0.717, 1.165) is 12.8 Å². The number of rotatable bonds is 5. The molecule has 1 aromatic heterocycles. The van der Waals surface area contributed by atoms with E-state index in [2.05, 4.69) is 4.98 Å². The molecule has 1 atom stereocenters. The number of hydrogen-bond donors (Lipinski definition) is 0. The molecule has 1 aromatic carbocycles. The number of aryl methyl sites for hydroxylation is 1. The summed E-state index contributed by atoms with van der Waals surface area (Å²) < 4.78 is 11.1. The van der Waals surface area contributed by atoms with E-state index in [9.17, 15) is 9.59 Å². The highest BCUT2D eigenvalue weighted by Crippen LogP contribution is 2.31. The van der Waals surface area contributed by atoms with Gasteiger partial charge in [-0.25, -0.2) is 4.98 Å². The summed E-state index contributed by atoms with van der Waals surface area (Å²) in [7, 11) is 0. The molecule has 2 aromatic rings. The molecule has 0 saturated carbocycles. The summed E-state index contributed by atoms with van der Waals surface area (Å²) in [4.78, 5) is 33.5. The molecule has 166 valence electrons. The van der Waals surface area contributed by atoms with Crippen molar-refractivity contribution in [2.24, 2.45) is 5.92 Å². The van der Waals surface area contributed by atoms with Crippen molar-refractivity contribution in [1.82, 2.24) is 14.8 Å². The highest BCUT2D eigenvalue weighted by molar-refractivity contribution is 6.36. The molecule has 2 fully saturated rings. The van der Waals surface area contributed by atoms with Crippen molar-refractivity contribution < 1.29 is 18.7 Å². The number of nitrogens with zero attached hydrogens (tertiary/aromatic N) is 3. The van der Waals surface area contributed by atoms with Crippen LogP contribution in [0.15, 0.2) is 28.8 Å². The average molecular weight is 466 g/mol. The lowest BCUT2D eigenvalue weighted by Crippen LogP contribution is -2.49. The van der Waals surface area contributed by atoms with Gasteiger partial charge in [0, 0.05) is 49.6 Å². The molecule has 0 radical (unpaired) electrons. The largest absolute Gasteiger partial charge is 0.441 e. The molecule has 7 nitrogen and oxygen atoms in total. The van der Waals surface area contributed by atoms with E-state index in [4.69, 9.17) is 32.4 Å². The van der Waals surface area contributed by atoms with Gasteiger partial charge >= 0.3 is 0 Å². The SMILES string of the molecule is O=C(CCc1ncc(-c2ccc(Cl)cc2Cl)o1)N1CCCC(C(=O)N2CCOCC2)C1. The van der Waals surface area contributed by atoms with E-state index in [0.29, 0.717) is 73.1 Å². The molecule has 0 aliphatic carbocycles. The molecule has 9 heteroatoms. The lowest BCUT2D eigenvalue weighted by molar-refractivity contribution is -0.144. The molecule has 0 spiro atoms. The van der Waals surface area contributed by atoms with Crippen LogP contribution < -0.4 is 0 Å². The van der Waals surface area contributed by atoms with Crippen molar-refractivity contribution in [2.75, 3.05) is 39.4 Å². The van der Waals surface area contributed by atoms with Gasteiger partial charge in [0.25, 0.3) is 0 Å². The molecule has 31 heavy (non-hydrogen) atoms. The summed E-state index contributed by atoms with van der Waals surface area (Å²) in [6.07, 6.45) is 3.94. The van der Waals surface area contributed by atoms with Gasteiger partial charge in [-0.2, -0.15) is 0 Å². The first-order chi connectivity index (χ1) is 15.0. The van der Waals surface area contributed by atoms with E-state index in [1.54, 1.807) is 29.3 Å². The molecule has 2 aliphatic heterocycles. The standard InChI is InChI=1S/C22H25Cl2N3O4/c23-16-3-4-17(18(24)12-16)19-13-25-20(31-19)5-6-21(28)27-7-1-2-15(14-27)22(29)26-8-10-30-11-9-26/h3-4,12-13,15H,1-2,5-11,14H2. The van der Waals surface area contributed by atoms with E-state index >= 15 is 0 Å². The summed E-state index contributed by atoms with van der Waals surface area (Å²) in [5.41, 5.74) is 0.705. The Morgan fingerprint density at radius 3 is 2.71 bits per heavy atom. The second-order valence-corrected chi connectivity index (χ2v) is 8.70. The number of oxazole rings is 1. The third-order valence-electron chi connectivity index (χ3n) is 5.75. The number of carbonyl (C=O) groups is 2. The fourth-order valence-electron chi connectivity index (χ4n) is 4.06. The average Bonchev–Trinajstić information content (AvgIpc) is 3.26. The topological polar surface area (TPSA) is 75.9 Å². The minimum Gasteiger partial charge on any atom is -0.441 e. The van der Waals surface area contributed by atoms with Crippen LogP contribution in [0.2, 0.25) is 10.0 Å². The number of benzene rings is 1. The van der Waals surface area contributed by atoms with Crippen LogP contribution in [0.25, 0.3) is 11.3 Å². The Morgan fingerprint density at radius 2 is 1.94 bits per heavy atom. The molecule has 3 heterocycles. The number of amides is 2. The van der Waals surface area contributed by atoms with Gasteiger partial charge in [0.05, 0.1) is 30.4 Å². The summed E-state index contributed by atoms with van der Waals surface area (Å²) >= 11 is 12.2. The first-order valence-corrected chi connectivity index (χ1v) is 11.3. The van der Waals surface area contributed by atoms with Gasteiger partial charge in [-0.15, -0.1) is 0 Å². The molecule has 0 N–H and O–H groups in total. The molecule has 4 rings (SSSR count). The summed E-state index contributed by atoms with van der Waals surface area (Å²) in [6.45, 7) is 3.59. The zero-order valence-electron chi connectivity index (χ0n) is 17.2. The zero-order chi connectivity index (χ0) is 21.8. The van der Waals surface area contributed by atoms with Gasteiger partial charge in [0.1, 0.15) is 0 Å².